The minimum Gasteiger partial charge on any atom is -0.496 e. The predicted octanol–water partition coefficient (Wildman–Crippen LogP) is 4.71. The van der Waals surface area contributed by atoms with Crippen LogP contribution in [0.1, 0.15) is 5.69 Å². The Balaban J connectivity index is 1.30. The molecule has 0 N–H and O–H groups in total. The van der Waals surface area contributed by atoms with Gasteiger partial charge in [0.1, 0.15) is 40.1 Å². The number of nitrogens with zero attached hydrogens (tertiary/aromatic N) is 6. The van der Waals surface area contributed by atoms with Gasteiger partial charge in [0, 0.05) is 29.9 Å². The van der Waals surface area contributed by atoms with E-state index in [0.717, 1.165) is 21.8 Å². The van der Waals surface area contributed by atoms with Gasteiger partial charge in [-0.2, -0.15) is 0 Å². The normalized spacial score (nSPS) is 11.4. The molecule has 0 unspecified atom stereocenters. The lowest BCUT2D eigenvalue weighted by Crippen LogP contribution is -1.97. The van der Waals surface area contributed by atoms with Gasteiger partial charge in [-0.25, -0.2) is 14.5 Å². The first-order chi connectivity index (χ1) is 16.7. The summed E-state index contributed by atoms with van der Waals surface area (Å²) in [6.45, 7) is 0.281. The Labute approximate surface area is 200 Å². The molecular weight excluding hydrogens is 476 g/mol. The van der Waals surface area contributed by atoms with Gasteiger partial charge >= 0.3 is 0 Å². The molecule has 34 heavy (non-hydrogen) atoms. The quantitative estimate of drug-likeness (QED) is 0.313. The summed E-state index contributed by atoms with van der Waals surface area (Å²) in [5, 5.41) is 8.40. The van der Waals surface area contributed by atoms with Crippen LogP contribution in [-0.2, 0) is 6.61 Å². The van der Waals surface area contributed by atoms with Crippen molar-refractivity contribution in [1.82, 2.24) is 29.5 Å². The minimum atomic E-state index is 0.281. The van der Waals surface area contributed by atoms with Gasteiger partial charge in [-0.05, 0) is 17.4 Å². The van der Waals surface area contributed by atoms with E-state index in [1.165, 1.54) is 22.7 Å². The Morgan fingerprint density at radius 1 is 1.06 bits per heavy atom. The zero-order valence-electron chi connectivity index (χ0n) is 18.0. The van der Waals surface area contributed by atoms with Crippen molar-refractivity contribution in [3.63, 3.8) is 0 Å². The van der Waals surface area contributed by atoms with Crippen LogP contribution in [-0.4, -0.2) is 43.8 Å². The smallest absolute Gasteiger partial charge is 0.294 e. The summed E-state index contributed by atoms with van der Waals surface area (Å²) in [5.74, 6) is 1.85. The first-order valence-corrected chi connectivity index (χ1v) is 11.8. The molecule has 5 aromatic heterocycles. The molecule has 170 valence electrons. The van der Waals surface area contributed by atoms with Gasteiger partial charge in [-0.3, -0.25) is 9.97 Å². The van der Waals surface area contributed by atoms with Gasteiger partial charge in [-0.1, -0.05) is 0 Å². The molecule has 12 heteroatoms. The number of hydrogen-bond acceptors (Lipinski definition) is 11. The zero-order chi connectivity index (χ0) is 23.1. The molecular formula is C22H16N6O4S2. The van der Waals surface area contributed by atoms with Crippen LogP contribution < -0.4 is 14.2 Å². The second-order valence-electron chi connectivity index (χ2n) is 7.10. The molecule has 6 rings (SSSR count). The third-order valence-corrected chi connectivity index (χ3v) is 6.77. The lowest BCUT2D eigenvalue weighted by molar-refractivity contribution is 0.303. The SMILES string of the molecule is COc1cc(OCc2csc(-c3cnccn3)n2)c2cc(-c3cn4nc(OC)sc4n3)oc2c1. The maximum atomic E-state index is 6.14. The van der Waals surface area contributed by atoms with Crippen molar-refractivity contribution in [2.24, 2.45) is 0 Å². The standard InChI is InChI=1S/C22H16N6O4S2/c1-29-13-5-17(31-10-12-11-33-20(25-12)15-8-23-3-4-24-15)14-7-19(32-18(14)6-13)16-9-28-21(26-16)34-22(27-28)30-2/h3-9,11H,10H2,1-2H3. The number of fused-ring (bicyclic) bond motifs is 2. The van der Waals surface area contributed by atoms with Crippen LogP contribution in [0, 0.1) is 0 Å². The lowest BCUT2D eigenvalue weighted by Gasteiger charge is -2.07. The first kappa shape index (κ1) is 20.6. The molecule has 0 spiro atoms. The van der Waals surface area contributed by atoms with Gasteiger partial charge < -0.3 is 18.6 Å². The van der Waals surface area contributed by atoms with E-state index in [1.54, 1.807) is 43.5 Å². The van der Waals surface area contributed by atoms with E-state index in [0.29, 0.717) is 38.7 Å². The fourth-order valence-corrected chi connectivity index (χ4v) is 4.85. The van der Waals surface area contributed by atoms with E-state index < -0.39 is 0 Å². The highest BCUT2D eigenvalue weighted by Gasteiger charge is 2.17. The van der Waals surface area contributed by atoms with Crippen LogP contribution in [0.5, 0.6) is 16.7 Å². The Hall–Kier alpha value is -4.03. The second kappa shape index (κ2) is 8.39. The molecule has 0 radical (unpaired) electrons. The van der Waals surface area contributed by atoms with E-state index >= 15 is 0 Å². The molecule has 0 fully saturated rings. The summed E-state index contributed by atoms with van der Waals surface area (Å²) in [4.78, 5) is 18.3. The number of benzene rings is 1. The molecule has 0 aliphatic carbocycles. The average Bonchev–Trinajstić information content (AvgIpc) is 3.65. The fourth-order valence-electron chi connectivity index (χ4n) is 3.38. The number of imidazole rings is 1. The van der Waals surface area contributed by atoms with Crippen LogP contribution in [0.4, 0.5) is 0 Å². The van der Waals surface area contributed by atoms with Gasteiger partial charge in [-0.15, -0.1) is 16.4 Å². The van der Waals surface area contributed by atoms with E-state index in [2.05, 4.69) is 25.0 Å². The molecule has 0 bridgehead atoms. The summed E-state index contributed by atoms with van der Waals surface area (Å²) in [6, 6.07) is 5.55. The lowest BCUT2D eigenvalue weighted by atomic mass is 10.2. The van der Waals surface area contributed by atoms with Crippen molar-refractivity contribution in [1.29, 1.82) is 0 Å². The van der Waals surface area contributed by atoms with Crippen LogP contribution in [0.25, 0.3) is 38.1 Å². The maximum absolute atomic E-state index is 6.14. The Morgan fingerprint density at radius 2 is 2.00 bits per heavy atom. The minimum absolute atomic E-state index is 0.281. The number of hydrogen-bond donors (Lipinski definition) is 0. The summed E-state index contributed by atoms with van der Waals surface area (Å²) in [5.41, 5.74) is 2.81. The molecule has 0 aliphatic heterocycles. The Morgan fingerprint density at radius 3 is 2.79 bits per heavy atom. The predicted molar refractivity (Wildman–Crippen MR) is 127 cm³/mol. The Kier molecular flexibility index (Phi) is 5.08. The summed E-state index contributed by atoms with van der Waals surface area (Å²) < 4.78 is 24.5. The molecule has 10 nitrogen and oxygen atoms in total. The number of furan rings is 1. The average molecular weight is 493 g/mol. The van der Waals surface area contributed by atoms with Crippen molar-refractivity contribution < 1.29 is 18.6 Å². The van der Waals surface area contributed by atoms with Crippen molar-refractivity contribution >= 4 is 38.6 Å². The van der Waals surface area contributed by atoms with Crippen molar-refractivity contribution in [3.8, 4) is 38.8 Å². The molecule has 0 amide bonds. The third-order valence-electron chi connectivity index (χ3n) is 4.97. The number of ether oxygens (including phenoxy) is 3. The molecule has 0 atom stereocenters. The summed E-state index contributed by atoms with van der Waals surface area (Å²) in [7, 11) is 3.18. The van der Waals surface area contributed by atoms with Crippen LogP contribution in [0.15, 0.2) is 52.8 Å². The van der Waals surface area contributed by atoms with Gasteiger partial charge in [0.15, 0.2) is 5.76 Å². The van der Waals surface area contributed by atoms with E-state index in [9.17, 15) is 0 Å². The maximum Gasteiger partial charge on any atom is 0.294 e. The molecule has 0 saturated heterocycles. The Bertz CT molecular complexity index is 1570. The van der Waals surface area contributed by atoms with E-state index in [-0.39, 0.29) is 6.61 Å². The van der Waals surface area contributed by atoms with Crippen LogP contribution >= 0.6 is 22.7 Å². The van der Waals surface area contributed by atoms with Crippen LogP contribution in [0.2, 0.25) is 0 Å². The highest BCUT2D eigenvalue weighted by molar-refractivity contribution is 7.18. The molecule has 6 aromatic rings. The molecule has 1 aromatic carbocycles. The number of methoxy groups -OCH3 is 2. The van der Waals surface area contributed by atoms with Crippen molar-refractivity contribution in [3.05, 3.63) is 54.1 Å². The highest BCUT2D eigenvalue weighted by Crippen LogP contribution is 2.37. The van der Waals surface area contributed by atoms with Crippen molar-refractivity contribution in [2.75, 3.05) is 14.2 Å². The van der Waals surface area contributed by atoms with Gasteiger partial charge in [0.05, 0.1) is 37.7 Å². The fraction of sp³-hybridized carbons (Fsp3) is 0.136. The van der Waals surface area contributed by atoms with Gasteiger partial charge in [0.25, 0.3) is 5.19 Å². The van der Waals surface area contributed by atoms with Gasteiger partial charge in [0.2, 0.25) is 4.96 Å². The van der Waals surface area contributed by atoms with E-state index in [1.807, 2.05) is 23.6 Å². The number of thiazole rings is 1. The highest BCUT2D eigenvalue weighted by atomic mass is 32.1. The summed E-state index contributed by atoms with van der Waals surface area (Å²) >= 11 is 2.85. The zero-order valence-corrected chi connectivity index (χ0v) is 19.6. The van der Waals surface area contributed by atoms with Crippen LogP contribution in [0.3, 0.4) is 0 Å². The number of aromatic nitrogens is 6. The molecule has 0 saturated carbocycles. The largest absolute Gasteiger partial charge is 0.496 e. The van der Waals surface area contributed by atoms with Crippen molar-refractivity contribution in [2.45, 2.75) is 6.61 Å². The summed E-state index contributed by atoms with van der Waals surface area (Å²) in [6.07, 6.45) is 6.77. The third kappa shape index (κ3) is 3.72. The monoisotopic (exact) mass is 492 g/mol. The van der Waals surface area contributed by atoms with E-state index in [4.69, 9.17) is 18.6 Å². The molecule has 0 aliphatic rings. The number of rotatable bonds is 7. The second-order valence-corrected chi connectivity index (χ2v) is 8.87. The first-order valence-electron chi connectivity index (χ1n) is 10.1. The molecule has 5 heterocycles. The topological polar surface area (TPSA) is 110 Å².